The van der Waals surface area contributed by atoms with Crippen LogP contribution in [0.25, 0.3) is 22.4 Å². The fourth-order valence-corrected chi connectivity index (χ4v) is 3.73. The molecule has 0 aliphatic carbocycles. The molecule has 1 aliphatic rings. The van der Waals surface area contributed by atoms with Crippen LogP contribution in [0.3, 0.4) is 0 Å². The van der Waals surface area contributed by atoms with Gasteiger partial charge in [-0.25, -0.2) is 27.8 Å². The third-order valence-corrected chi connectivity index (χ3v) is 4.84. The lowest BCUT2D eigenvalue weighted by Crippen LogP contribution is -2.68. The molecule has 0 spiro atoms. The van der Waals surface area contributed by atoms with Crippen molar-refractivity contribution in [3.05, 3.63) is 54.6 Å². The number of ether oxygens (including phenoxy) is 2. The van der Waals surface area contributed by atoms with E-state index in [1.807, 2.05) is 0 Å². The van der Waals surface area contributed by atoms with Gasteiger partial charge in [0.1, 0.15) is 0 Å². The predicted molar refractivity (Wildman–Crippen MR) is 98.2 cm³/mol. The minimum atomic E-state index is -4.94. The molecule has 162 valence electrons. The Morgan fingerprint density at radius 3 is 2.20 bits per heavy atom. The Balaban J connectivity index is 0.000000461. The average Bonchev–Trinajstić information content (AvgIpc) is 3.33. The van der Waals surface area contributed by atoms with Crippen LogP contribution in [-0.2, 0) is 22.6 Å². The van der Waals surface area contributed by atoms with E-state index in [0.717, 1.165) is 39.1 Å². The van der Waals surface area contributed by atoms with Crippen LogP contribution in [-0.4, -0.2) is 24.1 Å². The van der Waals surface area contributed by atoms with E-state index in [4.69, 9.17) is 28.1 Å². The molecule has 2 aromatic carbocycles. The first-order valence-electron chi connectivity index (χ1n) is 9.80. The van der Waals surface area contributed by atoms with Crippen molar-refractivity contribution in [1.82, 2.24) is 4.57 Å². The van der Waals surface area contributed by atoms with Crippen LogP contribution >= 0.6 is 0 Å². The molecular formula is C21H25ClN2O6. The van der Waals surface area contributed by atoms with Crippen molar-refractivity contribution < 1.29 is 42.9 Å². The largest absolute Gasteiger partial charge is 0.350 e. The maximum atomic E-state index is 8.49. The Hall–Kier alpha value is -2.04. The van der Waals surface area contributed by atoms with Gasteiger partial charge in [-0.1, -0.05) is 30.3 Å². The maximum Gasteiger partial charge on any atom is 0.289 e. The molecule has 0 N–H and O–H groups in total. The summed E-state index contributed by atoms with van der Waals surface area (Å²) in [6.45, 7) is 5.57. The summed E-state index contributed by atoms with van der Waals surface area (Å²) in [7, 11) is -4.94. The molecular weight excluding hydrogens is 412 g/mol. The summed E-state index contributed by atoms with van der Waals surface area (Å²) in [5.74, 6) is 1.28. The number of hydrogen-bond acceptors (Lipinski definition) is 6. The highest BCUT2D eigenvalue weighted by molar-refractivity contribution is 5.76. The van der Waals surface area contributed by atoms with E-state index in [1.54, 1.807) is 0 Å². The number of aromatic nitrogens is 2. The van der Waals surface area contributed by atoms with Gasteiger partial charge in [-0.15, -0.1) is 10.2 Å². The van der Waals surface area contributed by atoms with Gasteiger partial charge in [0.25, 0.3) is 5.82 Å². The Labute approximate surface area is 177 Å². The van der Waals surface area contributed by atoms with Gasteiger partial charge in [0.15, 0.2) is 17.3 Å². The number of fused-ring (bicyclic) bond motifs is 1. The summed E-state index contributed by atoms with van der Waals surface area (Å²) < 4.78 is 50.0. The van der Waals surface area contributed by atoms with Crippen LogP contribution in [0.1, 0.15) is 19.8 Å². The second-order valence-electron chi connectivity index (χ2n) is 6.77. The summed E-state index contributed by atoms with van der Waals surface area (Å²) in [4.78, 5) is 0. The molecule has 0 saturated carbocycles. The van der Waals surface area contributed by atoms with E-state index >= 15 is 0 Å². The Kier molecular flexibility index (Phi) is 7.79. The van der Waals surface area contributed by atoms with Crippen LogP contribution in [0.5, 0.6) is 0 Å². The molecule has 0 amide bonds. The van der Waals surface area contributed by atoms with Gasteiger partial charge in [-0.2, -0.15) is 0 Å². The number of rotatable bonds is 6. The monoisotopic (exact) mass is 436 g/mol. The lowest BCUT2D eigenvalue weighted by molar-refractivity contribution is -2.00. The zero-order valence-corrected chi connectivity index (χ0v) is 17.5. The molecule has 2 heterocycles. The lowest BCUT2D eigenvalue weighted by Gasteiger charge is -2.17. The first-order valence-corrected chi connectivity index (χ1v) is 11.0. The molecule has 1 aromatic heterocycles. The van der Waals surface area contributed by atoms with Crippen molar-refractivity contribution in [2.24, 2.45) is 0 Å². The molecule has 1 fully saturated rings. The number of hydrogen-bond donors (Lipinski definition) is 0. The van der Waals surface area contributed by atoms with Crippen LogP contribution in [0.4, 0.5) is 0 Å². The smallest absolute Gasteiger partial charge is 0.289 e. The Bertz CT molecular complexity index is 930. The molecule has 0 radical (unpaired) electrons. The first kappa shape index (κ1) is 22.6. The fraction of sp³-hybridized carbons (Fsp3) is 0.381. The quantitative estimate of drug-likeness (QED) is 0.458. The van der Waals surface area contributed by atoms with E-state index < -0.39 is 10.2 Å². The molecule has 3 aromatic rings. The minimum absolute atomic E-state index is 0.0275. The lowest BCUT2D eigenvalue weighted by atomic mass is 10.2. The van der Waals surface area contributed by atoms with Gasteiger partial charge in [0.05, 0.1) is 31.9 Å². The van der Waals surface area contributed by atoms with Crippen molar-refractivity contribution in [2.45, 2.75) is 39.1 Å². The summed E-state index contributed by atoms with van der Waals surface area (Å²) in [6.07, 6.45) is 1.94. The summed E-state index contributed by atoms with van der Waals surface area (Å²) in [5.41, 5.74) is 3.84. The standard InChI is InChI=1S/C21H25N2O2.ClHO4/c1-2-22-18-11-6-7-12-19(18)23(14-8-13-20-24-15-16-25-20)21(22)17-9-4-3-5-10-17;2-1(3,4)5/h3-7,9-12,20H,2,8,13-16H2,1H3;(H,2,3,4,5)/q+1;/p-1. The minimum Gasteiger partial charge on any atom is -0.350 e. The molecule has 1 saturated heterocycles. The number of benzene rings is 2. The molecule has 4 rings (SSSR count). The van der Waals surface area contributed by atoms with Gasteiger partial charge in [-0.05, 0) is 37.6 Å². The molecule has 8 nitrogen and oxygen atoms in total. The van der Waals surface area contributed by atoms with Crippen molar-refractivity contribution in [2.75, 3.05) is 13.2 Å². The second kappa shape index (κ2) is 10.3. The molecule has 30 heavy (non-hydrogen) atoms. The van der Waals surface area contributed by atoms with Crippen molar-refractivity contribution in [3.63, 3.8) is 0 Å². The van der Waals surface area contributed by atoms with E-state index in [-0.39, 0.29) is 6.29 Å². The van der Waals surface area contributed by atoms with Crippen molar-refractivity contribution in [3.8, 4) is 11.4 Å². The van der Waals surface area contributed by atoms with Gasteiger partial charge < -0.3 is 9.47 Å². The topological polar surface area (TPSA) is 120 Å². The Morgan fingerprint density at radius 2 is 1.57 bits per heavy atom. The maximum absolute atomic E-state index is 8.49. The second-order valence-corrected chi connectivity index (χ2v) is 7.52. The van der Waals surface area contributed by atoms with Crippen LogP contribution in [0.15, 0.2) is 54.6 Å². The van der Waals surface area contributed by atoms with Gasteiger partial charge in [0.2, 0.25) is 0 Å². The third kappa shape index (κ3) is 5.99. The molecule has 0 unspecified atom stereocenters. The van der Waals surface area contributed by atoms with E-state index in [1.165, 1.54) is 22.4 Å². The third-order valence-electron chi connectivity index (χ3n) is 4.84. The van der Waals surface area contributed by atoms with Crippen molar-refractivity contribution >= 4 is 11.0 Å². The molecule has 0 atom stereocenters. The van der Waals surface area contributed by atoms with Crippen LogP contribution in [0.2, 0.25) is 0 Å². The number of halogens is 1. The van der Waals surface area contributed by atoms with Crippen LogP contribution < -0.4 is 23.2 Å². The van der Waals surface area contributed by atoms with E-state index in [0.29, 0.717) is 0 Å². The average molecular weight is 437 g/mol. The number of para-hydroxylation sites is 2. The normalized spacial score (nSPS) is 14.7. The number of imidazole rings is 1. The van der Waals surface area contributed by atoms with E-state index in [2.05, 4.69) is 70.7 Å². The zero-order chi connectivity index (χ0) is 21.6. The SMILES string of the molecule is CCn1c(-c2ccccc2)[n+](CCCC2OCCO2)c2ccccc21.[O-][Cl+3]([O-])([O-])[O-]. The van der Waals surface area contributed by atoms with Crippen molar-refractivity contribution in [1.29, 1.82) is 0 Å². The first-order chi connectivity index (χ1) is 14.4. The summed E-state index contributed by atoms with van der Waals surface area (Å²) in [6, 6.07) is 19.4. The molecule has 9 heteroatoms. The van der Waals surface area contributed by atoms with E-state index in [9.17, 15) is 0 Å². The highest BCUT2D eigenvalue weighted by Gasteiger charge is 2.25. The summed E-state index contributed by atoms with van der Waals surface area (Å²) >= 11 is 0. The fourth-order valence-electron chi connectivity index (χ4n) is 3.73. The highest BCUT2D eigenvalue weighted by Crippen LogP contribution is 2.23. The molecule has 1 aliphatic heterocycles. The number of nitrogens with zero attached hydrogens (tertiary/aromatic N) is 2. The van der Waals surface area contributed by atoms with Crippen LogP contribution in [0, 0.1) is 10.2 Å². The predicted octanol–water partition coefficient (Wildman–Crippen LogP) is -0.987. The Morgan fingerprint density at radius 1 is 0.967 bits per heavy atom. The number of aryl methyl sites for hydroxylation is 2. The van der Waals surface area contributed by atoms with Gasteiger partial charge in [-0.3, -0.25) is 0 Å². The zero-order valence-electron chi connectivity index (χ0n) is 16.7. The van der Waals surface area contributed by atoms with Gasteiger partial charge in [0, 0.05) is 6.42 Å². The highest BCUT2D eigenvalue weighted by atomic mass is 35.7. The molecule has 0 bridgehead atoms. The summed E-state index contributed by atoms with van der Waals surface area (Å²) in [5, 5.41) is 0. The van der Waals surface area contributed by atoms with Gasteiger partial charge >= 0.3 is 0 Å².